The molecule has 3 aromatic carbocycles. The van der Waals surface area contributed by atoms with Gasteiger partial charge >= 0.3 is 0 Å². The molecule has 0 N–H and O–H groups in total. The molecule has 0 amide bonds. The number of nitrogens with zero attached hydrogens (tertiary/aromatic N) is 5. The van der Waals surface area contributed by atoms with Gasteiger partial charge in [0.05, 0.1) is 34.2 Å². The van der Waals surface area contributed by atoms with Gasteiger partial charge in [-0.15, -0.1) is 0 Å². The molecule has 0 radical (unpaired) electrons. The van der Waals surface area contributed by atoms with E-state index in [-0.39, 0.29) is 0 Å². The number of aryl methyl sites for hydroxylation is 1. The Morgan fingerprint density at radius 2 is 0.977 bits per heavy atom. The fraction of sp³-hybridized carbons (Fsp3) is 0.0263. The first-order valence-electron chi connectivity index (χ1n) is 14.2. The molecular weight excluding hydrogens is 526 g/mol. The Hall–Kier alpha value is -5.81. The lowest BCUT2D eigenvalue weighted by atomic mass is 10.0. The van der Waals surface area contributed by atoms with E-state index < -0.39 is 0 Å². The van der Waals surface area contributed by atoms with Gasteiger partial charge in [0.2, 0.25) is 0 Å². The van der Waals surface area contributed by atoms with Crippen LogP contribution in [0.5, 0.6) is 0 Å². The standard InChI is InChI=1S/C38H27N5/c1-26-15-17-27(18-16-26)31-22-36(32-14-8-9-21-39-32)41-37(23-31)33-20-19-30(25-40-33)35-24-34(28-10-4-2-5-11-28)42-38(43-35)29-12-6-3-7-13-29/h2-25H,1H3. The average Bonchev–Trinajstić information content (AvgIpc) is 3.09. The van der Waals surface area contributed by atoms with E-state index in [1.807, 2.05) is 85.1 Å². The second-order valence-electron chi connectivity index (χ2n) is 10.3. The molecule has 0 spiro atoms. The fourth-order valence-electron chi connectivity index (χ4n) is 4.99. The van der Waals surface area contributed by atoms with Crippen LogP contribution in [0.4, 0.5) is 0 Å². The summed E-state index contributed by atoms with van der Waals surface area (Å²) in [6.07, 6.45) is 3.65. The highest BCUT2D eigenvalue weighted by atomic mass is 14.9. The Kier molecular flexibility index (Phi) is 7.04. The molecule has 0 saturated carbocycles. The van der Waals surface area contributed by atoms with E-state index in [1.54, 1.807) is 6.20 Å². The van der Waals surface area contributed by atoms with Gasteiger partial charge in [-0.25, -0.2) is 15.0 Å². The second kappa shape index (κ2) is 11.6. The molecule has 0 bridgehead atoms. The van der Waals surface area contributed by atoms with Crippen LogP contribution in [0.15, 0.2) is 146 Å². The number of rotatable bonds is 6. The van der Waals surface area contributed by atoms with Crippen molar-refractivity contribution in [3.8, 4) is 67.8 Å². The van der Waals surface area contributed by atoms with Crippen LogP contribution in [0.1, 0.15) is 5.56 Å². The molecule has 7 aromatic rings. The normalized spacial score (nSPS) is 10.9. The van der Waals surface area contributed by atoms with E-state index in [0.29, 0.717) is 5.82 Å². The van der Waals surface area contributed by atoms with Gasteiger partial charge in [-0.2, -0.15) is 0 Å². The monoisotopic (exact) mass is 553 g/mol. The van der Waals surface area contributed by atoms with Gasteiger partial charge in [0, 0.05) is 29.1 Å². The predicted molar refractivity (Wildman–Crippen MR) is 173 cm³/mol. The summed E-state index contributed by atoms with van der Waals surface area (Å²) in [7, 11) is 0. The first-order chi connectivity index (χ1) is 21.2. The Morgan fingerprint density at radius 1 is 0.372 bits per heavy atom. The molecule has 204 valence electrons. The van der Waals surface area contributed by atoms with Crippen LogP contribution in [-0.4, -0.2) is 24.9 Å². The highest BCUT2D eigenvalue weighted by molar-refractivity contribution is 5.76. The molecule has 5 nitrogen and oxygen atoms in total. The molecule has 4 aromatic heterocycles. The fourth-order valence-corrected chi connectivity index (χ4v) is 4.99. The van der Waals surface area contributed by atoms with Crippen LogP contribution in [0.2, 0.25) is 0 Å². The van der Waals surface area contributed by atoms with E-state index in [0.717, 1.165) is 62.0 Å². The van der Waals surface area contributed by atoms with E-state index in [2.05, 4.69) is 66.5 Å². The summed E-state index contributed by atoms with van der Waals surface area (Å²) in [5.41, 5.74) is 11.1. The highest BCUT2D eigenvalue weighted by Crippen LogP contribution is 2.31. The largest absolute Gasteiger partial charge is 0.255 e. The quantitative estimate of drug-likeness (QED) is 0.206. The lowest BCUT2D eigenvalue weighted by molar-refractivity contribution is 1.17. The number of hydrogen-bond acceptors (Lipinski definition) is 5. The Balaban J connectivity index is 1.31. The van der Waals surface area contributed by atoms with E-state index in [9.17, 15) is 0 Å². The van der Waals surface area contributed by atoms with Gasteiger partial charge in [0.15, 0.2) is 5.82 Å². The Labute approximate surface area is 250 Å². The Morgan fingerprint density at radius 3 is 1.60 bits per heavy atom. The van der Waals surface area contributed by atoms with E-state index in [4.69, 9.17) is 19.9 Å². The van der Waals surface area contributed by atoms with Gasteiger partial charge in [-0.3, -0.25) is 9.97 Å². The average molecular weight is 554 g/mol. The summed E-state index contributed by atoms with van der Waals surface area (Å²) in [5, 5.41) is 0. The van der Waals surface area contributed by atoms with Gasteiger partial charge in [-0.1, -0.05) is 96.6 Å². The van der Waals surface area contributed by atoms with Crippen LogP contribution in [0.3, 0.4) is 0 Å². The van der Waals surface area contributed by atoms with Crippen LogP contribution in [-0.2, 0) is 0 Å². The molecule has 0 unspecified atom stereocenters. The maximum Gasteiger partial charge on any atom is 0.160 e. The van der Waals surface area contributed by atoms with Crippen molar-refractivity contribution in [2.75, 3.05) is 0 Å². The summed E-state index contributed by atoms with van der Waals surface area (Å²) in [4.78, 5) is 24.2. The summed E-state index contributed by atoms with van der Waals surface area (Å²) in [6, 6.07) is 44.9. The van der Waals surface area contributed by atoms with Crippen LogP contribution in [0, 0.1) is 6.92 Å². The third kappa shape index (κ3) is 5.69. The maximum atomic E-state index is 4.98. The third-order valence-electron chi connectivity index (χ3n) is 7.29. The molecule has 0 saturated heterocycles. The topological polar surface area (TPSA) is 64.5 Å². The van der Waals surface area contributed by atoms with Crippen LogP contribution < -0.4 is 0 Å². The zero-order chi connectivity index (χ0) is 29.0. The molecule has 0 fully saturated rings. The SMILES string of the molecule is Cc1ccc(-c2cc(-c3ccccn3)nc(-c3ccc(-c4cc(-c5ccccc5)nc(-c5ccccc5)n4)cn3)c2)cc1. The Bertz CT molecular complexity index is 1930. The zero-order valence-electron chi connectivity index (χ0n) is 23.6. The van der Waals surface area contributed by atoms with Crippen molar-refractivity contribution in [2.24, 2.45) is 0 Å². The van der Waals surface area contributed by atoms with E-state index in [1.165, 1.54) is 5.56 Å². The molecular formula is C38H27N5. The molecule has 0 aliphatic rings. The first-order valence-corrected chi connectivity index (χ1v) is 14.2. The van der Waals surface area contributed by atoms with Crippen molar-refractivity contribution >= 4 is 0 Å². The highest BCUT2D eigenvalue weighted by Gasteiger charge is 2.13. The summed E-state index contributed by atoms with van der Waals surface area (Å²) >= 11 is 0. The molecule has 7 rings (SSSR count). The second-order valence-corrected chi connectivity index (χ2v) is 10.3. The van der Waals surface area contributed by atoms with Crippen molar-refractivity contribution in [1.29, 1.82) is 0 Å². The van der Waals surface area contributed by atoms with Gasteiger partial charge < -0.3 is 0 Å². The molecule has 0 aliphatic heterocycles. The zero-order valence-corrected chi connectivity index (χ0v) is 23.6. The lowest BCUT2D eigenvalue weighted by Gasteiger charge is -2.11. The van der Waals surface area contributed by atoms with Gasteiger partial charge in [0.25, 0.3) is 0 Å². The number of benzene rings is 3. The molecule has 43 heavy (non-hydrogen) atoms. The number of pyridine rings is 3. The van der Waals surface area contributed by atoms with Crippen LogP contribution in [0.25, 0.3) is 67.8 Å². The van der Waals surface area contributed by atoms with E-state index >= 15 is 0 Å². The summed E-state index contributed by atoms with van der Waals surface area (Å²) in [6.45, 7) is 2.09. The van der Waals surface area contributed by atoms with Gasteiger partial charge in [0.1, 0.15) is 0 Å². The van der Waals surface area contributed by atoms with Crippen LogP contribution >= 0.6 is 0 Å². The minimum absolute atomic E-state index is 0.675. The van der Waals surface area contributed by atoms with Crippen molar-refractivity contribution in [2.45, 2.75) is 6.92 Å². The lowest BCUT2D eigenvalue weighted by Crippen LogP contribution is -1.97. The van der Waals surface area contributed by atoms with Crippen molar-refractivity contribution < 1.29 is 0 Å². The summed E-state index contributed by atoms with van der Waals surface area (Å²) in [5.74, 6) is 0.675. The first kappa shape index (κ1) is 26.1. The van der Waals surface area contributed by atoms with Crippen molar-refractivity contribution in [3.63, 3.8) is 0 Å². The van der Waals surface area contributed by atoms with Gasteiger partial charge in [-0.05, 0) is 60.5 Å². The smallest absolute Gasteiger partial charge is 0.160 e. The molecule has 4 heterocycles. The maximum absolute atomic E-state index is 4.98. The minimum atomic E-state index is 0.675. The number of aromatic nitrogens is 5. The molecule has 0 atom stereocenters. The molecule has 0 aliphatic carbocycles. The minimum Gasteiger partial charge on any atom is -0.255 e. The predicted octanol–water partition coefficient (Wildman–Crippen LogP) is 8.97. The third-order valence-corrected chi connectivity index (χ3v) is 7.29. The number of hydrogen-bond donors (Lipinski definition) is 0. The summed E-state index contributed by atoms with van der Waals surface area (Å²) < 4.78 is 0. The molecule has 5 heteroatoms. The van der Waals surface area contributed by atoms with Crippen molar-refractivity contribution in [1.82, 2.24) is 24.9 Å². The van der Waals surface area contributed by atoms with Crippen molar-refractivity contribution in [3.05, 3.63) is 151 Å².